The number of nitrogens with one attached hydrogen (secondary N) is 3. The van der Waals surface area contributed by atoms with Crippen LogP contribution < -0.4 is 16.0 Å². The third kappa shape index (κ3) is 12.7. The van der Waals surface area contributed by atoms with Crippen molar-refractivity contribution in [3.8, 4) is 23.7 Å². The van der Waals surface area contributed by atoms with Gasteiger partial charge in [-0.3, -0.25) is 14.4 Å². The van der Waals surface area contributed by atoms with Crippen LogP contribution in [0.15, 0.2) is 0 Å². The van der Waals surface area contributed by atoms with Crippen LogP contribution in [0.5, 0.6) is 0 Å². The number of carbonyl (C=O) groups excluding carboxylic acids is 3. The Balaban J connectivity index is 1.52. The molecule has 3 amide bonds. The van der Waals surface area contributed by atoms with Crippen molar-refractivity contribution in [2.24, 2.45) is 23.2 Å². The molecule has 2 saturated carbocycles. The van der Waals surface area contributed by atoms with Crippen LogP contribution in [0, 0.1) is 46.9 Å². The zero-order valence-electron chi connectivity index (χ0n) is 30.1. The second kappa shape index (κ2) is 20.0. The highest BCUT2D eigenvalue weighted by molar-refractivity contribution is 5.94. The first-order valence-corrected chi connectivity index (χ1v) is 18.2. The molecule has 0 unspecified atom stereocenters. The van der Waals surface area contributed by atoms with E-state index in [1.54, 1.807) is 18.9 Å². The molecule has 3 N–H and O–H groups in total. The van der Waals surface area contributed by atoms with Gasteiger partial charge in [0.2, 0.25) is 17.7 Å². The Morgan fingerprint density at radius 2 is 1.36 bits per heavy atom. The Kier molecular flexibility index (Phi) is 16.6. The van der Waals surface area contributed by atoms with Crippen LogP contribution in [0.2, 0.25) is 0 Å². The Hall–Kier alpha value is -2.59. The van der Waals surface area contributed by atoms with Gasteiger partial charge in [0.05, 0.1) is 25.3 Å². The molecule has 5 atom stereocenters. The molecule has 0 aromatic rings. The molecule has 0 radical (unpaired) electrons. The van der Waals surface area contributed by atoms with Crippen LogP contribution in [0.25, 0.3) is 0 Å². The summed E-state index contributed by atoms with van der Waals surface area (Å²) in [5, 5.41) is 9.13. The van der Waals surface area contributed by atoms with E-state index in [1.807, 2.05) is 20.8 Å². The molecule has 264 valence electrons. The quantitative estimate of drug-likeness (QED) is 0.189. The Morgan fingerprint density at radius 3 is 1.94 bits per heavy atom. The smallest absolute Gasteiger partial charge is 0.246 e. The highest BCUT2D eigenvalue weighted by Gasteiger charge is 2.43. The molecule has 0 spiro atoms. The summed E-state index contributed by atoms with van der Waals surface area (Å²) in [7, 11) is 1.71. The number of amides is 3. The van der Waals surface area contributed by atoms with E-state index in [0.717, 1.165) is 44.6 Å². The third-order valence-corrected chi connectivity index (χ3v) is 10.3. The number of ether oxygens (including phenoxy) is 2. The molecule has 3 aliphatic rings. The van der Waals surface area contributed by atoms with Crippen molar-refractivity contribution in [3.63, 3.8) is 0 Å². The fourth-order valence-corrected chi connectivity index (χ4v) is 7.16. The lowest BCUT2D eigenvalue weighted by atomic mass is 9.81. The van der Waals surface area contributed by atoms with Gasteiger partial charge in [0.15, 0.2) is 0 Å². The van der Waals surface area contributed by atoms with E-state index >= 15 is 0 Å². The first-order valence-electron chi connectivity index (χ1n) is 18.2. The maximum atomic E-state index is 13.8. The van der Waals surface area contributed by atoms with Gasteiger partial charge in [-0.05, 0) is 74.7 Å². The monoisotopic (exact) mass is 654 g/mol. The van der Waals surface area contributed by atoms with Gasteiger partial charge >= 0.3 is 0 Å². The van der Waals surface area contributed by atoms with Crippen molar-refractivity contribution < 1.29 is 23.9 Å². The van der Waals surface area contributed by atoms with Crippen LogP contribution in [-0.4, -0.2) is 86.8 Å². The number of hydrogen-bond acceptors (Lipinski definition) is 6. The molecule has 1 saturated heterocycles. The maximum absolute atomic E-state index is 13.8. The molecule has 1 heterocycles. The van der Waals surface area contributed by atoms with E-state index in [4.69, 9.17) is 9.47 Å². The largest absolute Gasteiger partial charge is 0.368 e. The lowest BCUT2D eigenvalue weighted by Gasteiger charge is -2.37. The molecular weight excluding hydrogens is 592 g/mol. The van der Waals surface area contributed by atoms with E-state index < -0.39 is 23.5 Å². The van der Waals surface area contributed by atoms with Gasteiger partial charge < -0.3 is 30.3 Å². The minimum atomic E-state index is -0.741. The van der Waals surface area contributed by atoms with Gasteiger partial charge in [0.25, 0.3) is 0 Å². The topological polar surface area (TPSA) is 109 Å². The summed E-state index contributed by atoms with van der Waals surface area (Å²) >= 11 is 0. The molecule has 0 aromatic heterocycles. The predicted molar refractivity (Wildman–Crippen MR) is 186 cm³/mol. The molecule has 9 nitrogen and oxygen atoms in total. The van der Waals surface area contributed by atoms with E-state index in [9.17, 15) is 14.4 Å². The fourth-order valence-electron chi connectivity index (χ4n) is 7.16. The van der Waals surface area contributed by atoms with Crippen LogP contribution in [0.4, 0.5) is 0 Å². The lowest BCUT2D eigenvalue weighted by molar-refractivity contribution is -0.144. The predicted octanol–water partition coefficient (Wildman–Crippen LogP) is 4.44. The molecule has 9 heteroatoms. The maximum Gasteiger partial charge on any atom is 0.246 e. The summed E-state index contributed by atoms with van der Waals surface area (Å²) < 4.78 is 11.7. The summed E-state index contributed by atoms with van der Waals surface area (Å²) in [6.45, 7) is 12.1. The Labute approximate surface area is 284 Å². The van der Waals surface area contributed by atoms with Crippen molar-refractivity contribution in [1.82, 2.24) is 20.9 Å². The van der Waals surface area contributed by atoms with E-state index in [0.29, 0.717) is 38.0 Å². The fraction of sp³-hybridized carbons (Fsp3) is 0.816. The SMILES string of the molecule is CN[C@@H](C)C(=O)N[C@H](C(=O)N1CCC[C@H]1C(=O)N[C@H](COCC#CC#CCOC[C@@H](C)C1CCCCC1)C1CCCCC1)C(C)(C)C. The number of nitrogens with zero attached hydrogens (tertiary/aromatic N) is 1. The number of rotatable bonds is 14. The highest BCUT2D eigenvalue weighted by Crippen LogP contribution is 2.30. The van der Waals surface area contributed by atoms with Crippen molar-refractivity contribution in [3.05, 3.63) is 0 Å². The van der Waals surface area contributed by atoms with Gasteiger partial charge in [-0.1, -0.05) is 90.9 Å². The first-order chi connectivity index (χ1) is 22.5. The van der Waals surface area contributed by atoms with Crippen molar-refractivity contribution in [1.29, 1.82) is 0 Å². The van der Waals surface area contributed by atoms with Crippen LogP contribution >= 0.6 is 0 Å². The third-order valence-electron chi connectivity index (χ3n) is 10.3. The average molecular weight is 655 g/mol. The van der Waals surface area contributed by atoms with E-state index in [1.165, 1.54) is 38.5 Å². The van der Waals surface area contributed by atoms with Gasteiger partial charge in [0.1, 0.15) is 25.3 Å². The average Bonchev–Trinajstić information content (AvgIpc) is 3.57. The summed E-state index contributed by atoms with van der Waals surface area (Å²) in [4.78, 5) is 42.0. The molecule has 0 bridgehead atoms. The summed E-state index contributed by atoms with van der Waals surface area (Å²) in [6, 6.07) is -1.89. The molecular formula is C38H62N4O5. The van der Waals surface area contributed by atoms with Gasteiger partial charge in [0, 0.05) is 6.54 Å². The second-order valence-electron chi connectivity index (χ2n) is 15.0. The van der Waals surface area contributed by atoms with Gasteiger partial charge in [-0.25, -0.2) is 0 Å². The van der Waals surface area contributed by atoms with Crippen molar-refractivity contribution >= 4 is 17.7 Å². The minimum absolute atomic E-state index is 0.146. The number of likely N-dealkylation sites (tertiary alicyclic amines) is 1. The molecule has 3 fully saturated rings. The number of carbonyl (C=O) groups is 3. The first kappa shape index (κ1) is 38.9. The molecule has 2 aliphatic carbocycles. The van der Waals surface area contributed by atoms with Gasteiger partial charge in [-0.15, -0.1) is 0 Å². The van der Waals surface area contributed by atoms with Crippen LogP contribution in [-0.2, 0) is 23.9 Å². The minimum Gasteiger partial charge on any atom is -0.368 e. The lowest BCUT2D eigenvalue weighted by Crippen LogP contribution is -2.60. The van der Waals surface area contributed by atoms with Crippen molar-refractivity contribution in [2.45, 2.75) is 136 Å². The Bertz CT molecular complexity index is 1120. The van der Waals surface area contributed by atoms with Crippen molar-refractivity contribution in [2.75, 3.05) is 40.0 Å². The summed E-state index contributed by atoms with van der Waals surface area (Å²) in [5.74, 6) is 12.8. The van der Waals surface area contributed by atoms with Crippen LogP contribution in [0.3, 0.4) is 0 Å². The standard InChI is InChI=1S/C38H62N4O5/c1-28(30-18-11-9-12-19-30)26-46-24-15-7-8-16-25-47-27-32(31-20-13-10-14-21-31)40-36(44)33-22-17-23-42(33)37(45)34(38(3,4)5)41-35(43)29(2)39-6/h28-34,39H,9-14,17-27H2,1-6H3,(H,40,44)(H,41,43)/t28-,29+,32-,33+,34-/m1/s1. The van der Waals surface area contributed by atoms with E-state index in [-0.39, 0.29) is 30.4 Å². The summed E-state index contributed by atoms with van der Waals surface area (Å²) in [6.07, 6.45) is 13.6. The zero-order valence-corrected chi connectivity index (χ0v) is 30.1. The Morgan fingerprint density at radius 1 is 0.787 bits per heavy atom. The molecule has 0 aromatic carbocycles. The normalized spacial score (nSPS) is 21.7. The number of likely N-dealkylation sites (N-methyl/N-ethyl adjacent to an activating group) is 1. The highest BCUT2D eigenvalue weighted by atomic mass is 16.5. The summed E-state index contributed by atoms with van der Waals surface area (Å²) in [5.41, 5.74) is -0.520. The zero-order chi connectivity index (χ0) is 34.2. The molecule has 3 rings (SSSR count). The van der Waals surface area contributed by atoms with Gasteiger partial charge in [-0.2, -0.15) is 0 Å². The van der Waals surface area contributed by atoms with Crippen LogP contribution in [0.1, 0.15) is 112 Å². The number of hydrogen-bond donors (Lipinski definition) is 3. The molecule has 1 aliphatic heterocycles. The second-order valence-corrected chi connectivity index (χ2v) is 15.0. The van der Waals surface area contributed by atoms with E-state index in [2.05, 4.69) is 46.6 Å². The molecule has 47 heavy (non-hydrogen) atoms.